The molecule has 0 amide bonds. The van der Waals surface area contributed by atoms with Crippen LogP contribution in [0, 0.1) is 0 Å². The van der Waals surface area contributed by atoms with Crippen LogP contribution in [0.1, 0.15) is 68.5 Å². The molecule has 6 aromatic carbocycles. The first-order valence-electron chi connectivity index (χ1n) is 18.5. The summed E-state index contributed by atoms with van der Waals surface area (Å²) in [4.78, 5) is 27.7. The van der Waals surface area contributed by atoms with Gasteiger partial charge in [0.25, 0.3) is 0 Å². The van der Waals surface area contributed by atoms with E-state index in [0.717, 1.165) is 21.5 Å². The lowest BCUT2D eigenvalue weighted by molar-refractivity contribution is 0.0989. The molecule has 0 saturated carbocycles. The van der Waals surface area contributed by atoms with Crippen molar-refractivity contribution in [1.29, 1.82) is 0 Å². The summed E-state index contributed by atoms with van der Waals surface area (Å²) in [5.74, 6) is -3.21. The van der Waals surface area contributed by atoms with Crippen molar-refractivity contribution in [2.24, 2.45) is 0 Å². The van der Waals surface area contributed by atoms with Crippen molar-refractivity contribution in [3.8, 4) is 0 Å². The van der Waals surface area contributed by atoms with Gasteiger partial charge in [-0.2, -0.15) is 0 Å². The fourth-order valence-electron chi connectivity index (χ4n) is 6.29. The van der Waals surface area contributed by atoms with Crippen LogP contribution in [0.15, 0.2) is 157 Å². The number of hydrogen-bond acceptors (Lipinski definition) is 2. The number of ketones is 2. The van der Waals surface area contributed by atoms with Crippen LogP contribution in [0.5, 0.6) is 0 Å². The van der Waals surface area contributed by atoms with E-state index in [4.69, 9.17) is 13.7 Å². The van der Waals surface area contributed by atoms with Gasteiger partial charge in [0.15, 0.2) is 11.6 Å². The molecule has 2 aliphatic carbocycles. The van der Waals surface area contributed by atoms with Crippen molar-refractivity contribution in [1.82, 2.24) is 0 Å². The molecule has 2 nitrogen and oxygen atoms in total. The van der Waals surface area contributed by atoms with Gasteiger partial charge in [0.05, 0.1) is 19.3 Å². The summed E-state index contributed by atoms with van der Waals surface area (Å²) in [6.45, 7) is 0. The monoisotopic (exact) mass is 548 g/mol. The zero-order chi connectivity index (χ0) is 36.9. The van der Waals surface area contributed by atoms with Crippen LogP contribution in [-0.4, -0.2) is 11.6 Å². The summed E-state index contributed by atoms with van der Waals surface area (Å²) >= 11 is 0. The van der Waals surface area contributed by atoms with Gasteiger partial charge in [0.2, 0.25) is 0 Å². The molecule has 2 heteroatoms. The largest absolute Gasteiger partial charge is 0.288 e. The van der Waals surface area contributed by atoms with Gasteiger partial charge in [-0.05, 0) is 79.7 Å². The standard InChI is InChI=1S/C40H26O2/c41-39-32(40(42)36-24-30-18-10-9-17-29(30)23-35(36)39)20-19-31-37(25-11-3-1-4-12-25)33-21-27-15-7-8-16-28(27)22-34(33)38(31)26-13-5-2-6-14-26/h1-24,37-38H/i1D,2D,3D,4D,5D,6D,11D,12D,13D,14D. The second kappa shape index (κ2) is 9.64. The summed E-state index contributed by atoms with van der Waals surface area (Å²) in [5.41, 5.74) is 1.42. The van der Waals surface area contributed by atoms with Crippen LogP contribution >= 0.6 is 0 Å². The fraction of sp³-hybridized carbons (Fsp3) is 0.0500. The molecule has 0 fully saturated rings. The molecule has 198 valence electrons. The van der Waals surface area contributed by atoms with Gasteiger partial charge in [-0.3, -0.25) is 9.59 Å². The molecule has 0 aromatic heterocycles. The summed E-state index contributed by atoms with van der Waals surface area (Å²) < 4.78 is 86.5. The van der Waals surface area contributed by atoms with Crippen molar-refractivity contribution in [2.75, 3.05) is 0 Å². The lowest BCUT2D eigenvalue weighted by Crippen LogP contribution is -2.05. The van der Waals surface area contributed by atoms with E-state index in [1.165, 1.54) is 12.2 Å². The van der Waals surface area contributed by atoms with Crippen LogP contribution in [0.3, 0.4) is 0 Å². The maximum absolute atomic E-state index is 13.8. The number of fused-ring (bicyclic) bond motifs is 4. The lowest BCUT2D eigenvalue weighted by atomic mass is 9.84. The van der Waals surface area contributed by atoms with E-state index in [1.807, 2.05) is 60.7 Å². The normalized spacial score (nSPS) is 20.9. The molecule has 0 spiro atoms. The van der Waals surface area contributed by atoms with E-state index in [1.54, 1.807) is 12.1 Å². The highest BCUT2D eigenvalue weighted by molar-refractivity contribution is 6.40. The van der Waals surface area contributed by atoms with Crippen LogP contribution in [0.2, 0.25) is 0 Å². The molecular formula is C40H26O2. The van der Waals surface area contributed by atoms with Crippen LogP contribution in [-0.2, 0) is 0 Å². The van der Waals surface area contributed by atoms with Gasteiger partial charge in [-0.25, -0.2) is 0 Å². The average Bonchev–Trinajstić information content (AvgIpc) is 3.57. The molecule has 0 heterocycles. The fourth-order valence-corrected chi connectivity index (χ4v) is 6.29. The zero-order valence-corrected chi connectivity index (χ0v) is 22.1. The predicted octanol–water partition coefficient (Wildman–Crippen LogP) is 9.20. The molecule has 0 saturated heterocycles. The average molecular weight is 549 g/mol. The first-order chi connectivity index (χ1) is 24.8. The highest BCUT2D eigenvalue weighted by Crippen LogP contribution is 2.53. The highest BCUT2D eigenvalue weighted by Gasteiger charge is 2.38. The summed E-state index contributed by atoms with van der Waals surface area (Å²) in [5, 5.41) is 3.09. The van der Waals surface area contributed by atoms with Crippen molar-refractivity contribution in [2.45, 2.75) is 11.8 Å². The van der Waals surface area contributed by atoms with Gasteiger partial charge in [0, 0.05) is 23.0 Å². The third kappa shape index (κ3) is 3.80. The van der Waals surface area contributed by atoms with Crippen molar-refractivity contribution in [3.63, 3.8) is 0 Å². The lowest BCUT2D eigenvalue weighted by Gasteiger charge is -2.19. The molecule has 0 bridgehead atoms. The van der Waals surface area contributed by atoms with Crippen LogP contribution in [0.4, 0.5) is 0 Å². The smallest absolute Gasteiger partial charge is 0.197 e. The molecule has 42 heavy (non-hydrogen) atoms. The topological polar surface area (TPSA) is 34.1 Å². The molecule has 2 atom stereocenters. The Kier molecular flexibility index (Phi) is 3.72. The minimum absolute atomic E-state index is 0.0827. The molecule has 6 aromatic rings. The third-order valence-electron chi connectivity index (χ3n) is 8.16. The molecule has 0 N–H and O–H groups in total. The second-order valence-electron chi connectivity index (χ2n) is 10.4. The Hall–Kier alpha value is -5.34. The van der Waals surface area contributed by atoms with Gasteiger partial charge >= 0.3 is 0 Å². The number of benzene rings is 6. The number of carbonyl (C=O) groups excluding carboxylic acids is 2. The first kappa shape index (κ1) is 16.2. The quantitative estimate of drug-likeness (QED) is 0.163. The Morgan fingerprint density at radius 3 is 1.36 bits per heavy atom. The van der Waals surface area contributed by atoms with Gasteiger partial charge in [-0.15, -0.1) is 0 Å². The Labute approximate surface area is 258 Å². The number of Topliss-reactive ketones (excluding diaryl/α,β-unsaturated/α-hetero) is 2. The van der Waals surface area contributed by atoms with Crippen LogP contribution < -0.4 is 0 Å². The van der Waals surface area contributed by atoms with Crippen molar-refractivity contribution >= 4 is 33.1 Å². The summed E-state index contributed by atoms with van der Waals surface area (Å²) in [6.07, 6.45) is 2.83. The molecular weight excluding hydrogens is 512 g/mol. The van der Waals surface area contributed by atoms with Crippen molar-refractivity contribution in [3.05, 3.63) is 190 Å². The first-order valence-corrected chi connectivity index (χ1v) is 13.5. The maximum Gasteiger partial charge on any atom is 0.197 e. The third-order valence-corrected chi connectivity index (χ3v) is 8.16. The highest BCUT2D eigenvalue weighted by atomic mass is 16.2. The number of carbonyl (C=O) groups is 2. The van der Waals surface area contributed by atoms with Crippen LogP contribution in [0.25, 0.3) is 21.5 Å². The molecule has 0 radical (unpaired) electrons. The number of allylic oxidation sites excluding steroid dienone is 4. The Morgan fingerprint density at radius 1 is 0.524 bits per heavy atom. The van der Waals surface area contributed by atoms with E-state index < -0.39 is 83.8 Å². The van der Waals surface area contributed by atoms with E-state index in [2.05, 4.69) is 0 Å². The minimum Gasteiger partial charge on any atom is -0.288 e. The van der Waals surface area contributed by atoms with E-state index in [0.29, 0.717) is 11.1 Å². The van der Waals surface area contributed by atoms with Gasteiger partial charge in [0.1, 0.15) is 0 Å². The SMILES string of the molecule is [2H]c1c([2H])c([2H])c(C2C(=CC=C3C(=O)c4cc5ccccc5cc4C3=O)C(c3c([2H])c([2H])c([2H])c([2H])c3[2H])c3cc4ccccc4cc32)c([2H])c1[2H]. The summed E-state index contributed by atoms with van der Waals surface area (Å²) in [7, 11) is 0. The second-order valence-corrected chi connectivity index (χ2v) is 10.4. The number of hydrogen-bond donors (Lipinski definition) is 0. The zero-order valence-electron chi connectivity index (χ0n) is 32.1. The summed E-state index contributed by atoms with van der Waals surface area (Å²) in [6, 6.07) is 16.4. The molecule has 0 aliphatic heterocycles. The van der Waals surface area contributed by atoms with Gasteiger partial charge < -0.3 is 0 Å². The molecule has 2 aliphatic rings. The molecule has 8 rings (SSSR count). The maximum atomic E-state index is 13.8. The minimum atomic E-state index is -1.09. The number of rotatable bonds is 3. The van der Waals surface area contributed by atoms with E-state index >= 15 is 0 Å². The Morgan fingerprint density at radius 2 is 0.929 bits per heavy atom. The Balaban J connectivity index is 1.46. The Bertz CT molecular complexity index is 2460. The molecule has 2 unspecified atom stereocenters. The van der Waals surface area contributed by atoms with Crippen molar-refractivity contribution < 1.29 is 23.3 Å². The van der Waals surface area contributed by atoms with E-state index in [-0.39, 0.29) is 33.4 Å². The van der Waals surface area contributed by atoms with E-state index in [9.17, 15) is 9.59 Å². The van der Waals surface area contributed by atoms with Gasteiger partial charge in [-0.1, -0.05) is 115 Å². The predicted molar refractivity (Wildman–Crippen MR) is 169 cm³/mol.